The number of amides is 2. The van der Waals surface area contributed by atoms with E-state index in [4.69, 9.17) is 0 Å². The zero-order chi connectivity index (χ0) is 21.6. The van der Waals surface area contributed by atoms with Gasteiger partial charge in [0.2, 0.25) is 10.0 Å². The Kier molecular flexibility index (Phi) is 5.49. The molecule has 3 rings (SSSR count). The molecule has 13 heteroatoms. The number of hydrogen-bond donors (Lipinski definition) is 1. The third-order valence-electron chi connectivity index (χ3n) is 4.89. The van der Waals surface area contributed by atoms with Crippen LogP contribution >= 0.6 is 0 Å². The minimum atomic E-state index is -5.15. The number of halogens is 6. The van der Waals surface area contributed by atoms with E-state index in [0.717, 1.165) is 4.31 Å². The maximum atomic E-state index is 13.0. The highest BCUT2D eigenvalue weighted by Gasteiger charge is 2.41. The van der Waals surface area contributed by atoms with Crippen molar-refractivity contribution in [2.75, 3.05) is 26.2 Å². The molecule has 1 unspecified atom stereocenters. The molecule has 0 radical (unpaired) electrons. The molecule has 2 saturated heterocycles. The van der Waals surface area contributed by atoms with Gasteiger partial charge in [0.25, 0.3) is 0 Å². The fraction of sp³-hybridized carbons (Fsp3) is 0.562. The molecule has 0 spiro atoms. The number of piperidine rings is 1. The van der Waals surface area contributed by atoms with Crippen molar-refractivity contribution in [1.82, 2.24) is 14.5 Å². The first-order chi connectivity index (χ1) is 13.3. The summed E-state index contributed by atoms with van der Waals surface area (Å²) in [7, 11) is -4.63. The summed E-state index contributed by atoms with van der Waals surface area (Å²) in [5.41, 5.74) is -3.39. The highest BCUT2D eigenvalue weighted by Crippen LogP contribution is 2.38. The standard InChI is InChI=1S/C16H17F6N3O3S/c17-15(18,19)10-6-11(16(20,21)22)8-13(7-10)29(27,28)24-4-1-2-12(9-24)25-5-3-23-14(25)26/h6-8,12H,1-5,9H2,(H,23,26). The minimum Gasteiger partial charge on any atom is -0.336 e. The molecule has 1 aromatic rings. The van der Waals surface area contributed by atoms with Crippen LogP contribution in [0, 0.1) is 0 Å². The van der Waals surface area contributed by atoms with Crippen molar-refractivity contribution in [3.05, 3.63) is 29.3 Å². The van der Waals surface area contributed by atoms with Gasteiger partial charge in [-0.15, -0.1) is 0 Å². The number of nitrogens with one attached hydrogen (secondary N) is 1. The van der Waals surface area contributed by atoms with Gasteiger partial charge in [0.15, 0.2) is 0 Å². The second-order valence-corrected chi connectivity index (χ2v) is 8.76. The van der Waals surface area contributed by atoms with E-state index in [1.165, 1.54) is 4.90 Å². The van der Waals surface area contributed by atoms with Gasteiger partial charge in [0.05, 0.1) is 16.0 Å². The van der Waals surface area contributed by atoms with Gasteiger partial charge in [-0.3, -0.25) is 0 Å². The zero-order valence-electron chi connectivity index (χ0n) is 14.8. The zero-order valence-corrected chi connectivity index (χ0v) is 15.7. The van der Waals surface area contributed by atoms with E-state index in [1.807, 2.05) is 0 Å². The van der Waals surface area contributed by atoms with Gasteiger partial charge in [-0.05, 0) is 31.0 Å². The van der Waals surface area contributed by atoms with Crippen LogP contribution in [0.3, 0.4) is 0 Å². The number of carbonyl (C=O) groups excluding carboxylic acids is 1. The van der Waals surface area contributed by atoms with Crippen molar-refractivity contribution in [2.45, 2.75) is 36.1 Å². The van der Waals surface area contributed by atoms with E-state index in [9.17, 15) is 39.6 Å². The first-order valence-corrected chi connectivity index (χ1v) is 10.1. The van der Waals surface area contributed by atoms with Crippen LogP contribution in [-0.2, 0) is 22.4 Å². The Morgan fingerprint density at radius 3 is 2.03 bits per heavy atom. The van der Waals surface area contributed by atoms with Crippen LogP contribution in [0.5, 0.6) is 0 Å². The van der Waals surface area contributed by atoms with Crippen molar-refractivity contribution >= 4 is 16.1 Å². The molecule has 2 amide bonds. The molecule has 1 aromatic carbocycles. The van der Waals surface area contributed by atoms with Gasteiger partial charge >= 0.3 is 18.4 Å². The lowest BCUT2D eigenvalue weighted by atomic mass is 10.1. The monoisotopic (exact) mass is 445 g/mol. The molecular formula is C16H17F6N3O3S. The number of benzene rings is 1. The van der Waals surface area contributed by atoms with Crippen molar-refractivity contribution in [3.63, 3.8) is 0 Å². The highest BCUT2D eigenvalue weighted by molar-refractivity contribution is 7.89. The molecule has 0 aromatic heterocycles. The molecule has 162 valence electrons. The lowest BCUT2D eigenvalue weighted by Crippen LogP contribution is -2.50. The van der Waals surface area contributed by atoms with Crippen LogP contribution < -0.4 is 5.32 Å². The molecule has 1 N–H and O–H groups in total. The van der Waals surface area contributed by atoms with E-state index in [0.29, 0.717) is 25.9 Å². The van der Waals surface area contributed by atoms with Crippen molar-refractivity contribution in [1.29, 1.82) is 0 Å². The summed E-state index contributed by atoms with van der Waals surface area (Å²) in [4.78, 5) is 12.2. The number of urea groups is 1. The lowest BCUT2D eigenvalue weighted by molar-refractivity contribution is -0.143. The van der Waals surface area contributed by atoms with E-state index in [1.54, 1.807) is 0 Å². The van der Waals surface area contributed by atoms with E-state index >= 15 is 0 Å². The Morgan fingerprint density at radius 1 is 0.966 bits per heavy atom. The summed E-state index contributed by atoms with van der Waals surface area (Å²) >= 11 is 0. The van der Waals surface area contributed by atoms with Crippen molar-refractivity contribution < 1.29 is 39.6 Å². The topological polar surface area (TPSA) is 69.7 Å². The smallest absolute Gasteiger partial charge is 0.336 e. The summed E-state index contributed by atoms with van der Waals surface area (Å²) in [5.74, 6) is 0. The van der Waals surface area contributed by atoms with Crippen LogP contribution in [0.15, 0.2) is 23.1 Å². The first-order valence-electron chi connectivity index (χ1n) is 8.64. The molecule has 0 saturated carbocycles. The van der Waals surface area contributed by atoms with Crippen molar-refractivity contribution in [3.8, 4) is 0 Å². The Hall–Kier alpha value is -2.02. The normalized spacial score (nSPS) is 22.1. The minimum absolute atomic E-state index is 0.0636. The maximum absolute atomic E-state index is 13.0. The lowest BCUT2D eigenvalue weighted by Gasteiger charge is -2.36. The van der Waals surface area contributed by atoms with Gasteiger partial charge in [0.1, 0.15) is 0 Å². The van der Waals surface area contributed by atoms with E-state index in [-0.39, 0.29) is 37.3 Å². The second-order valence-electron chi connectivity index (χ2n) is 6.83. The van der Waals surface area contributed by atoms with Gasteiger partial charge in [-0.25, -0.2) is 13.2 Å². The summed E-state index contributed by atoms with van der Waals surface area (Å²) < 4.78 is 105. The number of rotatable bonds is 3. The van der Waals surface area contributed by atoms with E-state index in [2.05, 4.69) is 5.32 Å². The maximum Gasteiger partial charge on any atom is 0.416 e. The number of sulfonamides is 1. The Bertz CT molecular complexity index is 868. The molecule has 2 heterocycles. The molecule has 1 atom stereocenters. The summed E-state index contributed by atoms with van der Waals surface area (Å²) in [5, 5.41) is 2.57. The van der Waals surface area contributed by atoms with E-state index < -0.39 is 44.4 Å². The van der Waals surface area contributed by atoms with Crippen LogP contribution in [0.1, 0.15) is 24.0 Å². The summed E-state index contributed by atoms with van der Waals surface area (Å²) in [6.07, 6.45) is -9.50. The van der Waals surface area contributed by atoms with Crippen LogP contribution in [0.4, 0.5) is 31.1 Å². The fourth-order valence-corrected chi connectivity index (χ4v) is 5.04. The van der Waals surface area contributed by atoms with Gasteiger partial charge in [-0.2, -0.15) is 30.6 Å². The average Bonchev–Trinajstić information content (AvgIpc) is 3.06. The third kappa shape index (κ3) is 4.44. The first kappa shape index (κ1) is 21.7. The molecule has 0 aliphatic carbocycles. The molecule has 29 heavy (non-hydrogen) atoms. The molecule has 2 aliphatic heterocycles. The van der Waals surface area contributed by atoms with Gasteiger partial charge < -0.3 is 10.2 Å². The Labute approximate surface area is 162 Å². The molecule has 6 nitrogen and oxygen atoms in total. The van der Waals surface area contributed by atoms with Gasteiger partial charge in [0, 0.05) is 32.2 Å². The molecule has 2 fully saturated rings. The predicted molar refractivity (Wildman–Crippen MR) is 88.3 cm³/mol. The fourth-order valence-electron chi connectivity index (χ4n) is 3.45. The van der Waals surface area contributed by atoms with Crippen molar-refractivity contribution in [2.24, 2.45) is 0 Å². The largest absolute Gasteiger partial charge is 0.416 e. The van der Waals surface area contributed by atoms with Crippen LogP contribution in [0.25, 0.3) is 0 Å². The molecular weight excluding hydrogens is 428 g/mol. The van der Waals surface area contributed by atoms with Crippen LogP contribution in [-0.4, -0.2) is 55.9 Å². The number of hydrogen-bond acceptors (Lipinski definition) is 3. The molecule has 0 bridgehead atoms. The Morgan fingerprint density at radius 2 is 1.55 bits per heavy atom. The van der Waals surface area contributed by atoms with Crippen LogP contribution in [0.2, 0.25) is 0 Å². The second kappa shape index (κ2) is 7.35. The number of alkyl halides is 6. The average molecular weight is 445 g/mol. The number of nitrogens with zero attached hydrogens (tertiary/aromatic N) is 2. The summed E-state index contributed by atoms with van der Waals surface area (Å²) in [6, 6.07) is -0.596. The Balaban J connectivity index is 1.96. The molecule has 2 aliphatic rings. The quantitative estimate of drug-likeness (QED) is 0.728. The number of carbonyl (C=O) groups is 1. The van der Waals surface area contributed by atoms with Gasteiger partial charge in [-0.1, -0.05) is 0 Å². The SMILES string of the molecule is O=C1NCCN1C1CCCN(S(=O)(=O)c2cc(C(F)(F)F)cc(C(F)(F)F)c2)C1. The predicted octanol–water partition coefficient (Wildman–Crippen LogP) is 2.90. The highest BCUT2D eigenvalue weighted by atomic mass is 32.2. The summed E-state index contributed by atoms with van der Waals surface area (Å²) in [6.45, 7) is 0.461. The third-order valence-corrected chi connectivity index (χ3v) is 6.73.